The monoisotopic (exact) mass is 496 g/mol. The van der Waals surface area contributed by atoms with Crippen LogP contribution in [0, 0.1) is 0 Å². The molecule has 1 aliphatic carbocycles. The first kappa shape index (κ1) is 26.7. The molecule has 0 aliphatic heterocycles. The molecule has 0 bridgehead atoms. The van der Waals surface area contributed by atoms with E-state index in [0.717, 1.165) is 43.2 Å². The number of hydrogen-bond donors (Lipinski definition) is 1. The van der Waals surface area contributed by atoms with Crippen molar-refractivity contribution in [2.24, 2.45) is 0 Å². The summed E-state index contributed by atoms with van der Waals surface area (Å²) in [6.07, 6.45) is 7.28. The van der Waals surface area contributed by atoms with Gasteiger partial charge in [0.1, 0.15) is 6.04 Å². The highest BCUT2D eigenvalue weighted by Crippen LogP contribution is 2.29. The predicted molar refractivity (Wildman–Crippen MR) is 150 cm³/mol. The molecule has 4 heteroatoms. The molecule has 0 aromatic heterocycles. The van der Waals surface area contributed by atoms with Crippen molar-refractivity contribution in [2.75, 3.05) is 6.54 Å². The number of benzene rings is 3. The number of nitrogens with zero attached hydrogens (tertiary/aromatic N) is 1. The van der Waals surface area contributed by atoms with Crippen molar-refractivity contribution in [2.45, 2.75) is 76.3 Å². The van der Waals surface area contributed by atoms with E-state index in [1.807, 2.05) is 66.4 Å². The molecule has 2 amide bonds. The van der Waals surface area contributed by atoms with Crippen molar-refractivity contribution in [3.8, 4) is 0 Å². The summed E-state index contributed by atoms with van der Waals surface area (Å²) >= 11 is 0. The van der Waals surface area contributed by atoms with E-state index in [-0.39, 0.29) is 23.8 Å². The van der Waals surface area contributed by atoms with E-state index < -0.39 is 6.04 Å². The number of hydrogen-bond acceptors (Lipinski definition) is 2. The quantitative estimate of drug-likeness (QED) is 0.329. The topological polar surface area (TPSA) is 49.4 Å². The molecule has 0 unspecified atom stereocenters. The lowest BCUT2D eigenvalue weighted by molar-refractivity contribution is -0.141. The Morgan fingerprint density at radius 2 is 1.35 bits per heavy atom. The van der Waals surface area contributed by atoms with Gasteiger partial charge >= 0.3 is 0 Å². The lowest BCUT2D eigenvalue weighted by atomic mass is 9.88. The Hall–Kier alpha value is -3.40. The Morgan fingerprint density at radius 3 is 1.89 bits per heavy atom. The van der Waals surface area contributed by atoms with E-state index in [2.05, 4.69) is 41.7 Å². The van der Waals surface area contributed by atoms with Crippen molar-refractivity contribution >= 4 is 11.8 Å². The fourth-order valence-corrected chi connectivity index (χ4v) is 5.53. The van der Waals surface area contributed by atoms with Gasteiger partial charge in [-0.2, -0.15) is 0 Å². The zero-order valence-electron chi connectivity index (χ0n) is 22.0. The molecule has 1 fully saturated rings. The van der Waals surface area contributed by atoms with Gasteiger partial charge in [0.2, 0.25) is 11.8 Å². The second kappa shape index (κ2) is 13.8. The first-order chi connectivity index (χ1) is 18.2. The molecule has 4 rings (SSSR count). The predicted octanol–water partition coefficient (Wildman–Crippen LogP) is 6.51. The smallest absolute Gasteiger partial charge is 0.243 e. The molecule has 3 aromatic rings. The van der Waals surface area contributed by atoms with Gasteiger partial charge in [-0.25, -0.2) is 0 Å². The molecule has 0 heterocycles. The zero-order valence-corrected chi connectivity index (χ0v) is 22.0. The second-order valence-corrected chi connectivity index (χ2v) is 10.2. The summed E-state index contributed by atoms with van der Waals surface area (Å²) in [7, 11) is 0. The molecule has 1 N–H and O–H groups in total. The van der Waals surface area contributed by atoms with Gasteiger partial charge < -0.3 is 10.2 Å². The lowest BCUT2D eigenvalue weighted by Gasteiger charge is -2.34. The summed E-state index contributed by atoms with van der Waals surface area (Å²) in [5.41, 5.74) is 3.40. The van der Waals surface area contributed by atoms with E-state index in [4.69, 9.17) is 0 Å². The average Bonchev–Trinajstić information content (AvgIpc) is 2.95. The van der Waals surface area contributed by atoms with E-state index in [1.54, 1.807) is 0 Å². The maximum atomic E-state index is 14.1. The minimum atomic E-state index is -0.467. The number of rotatable bonds is 11. The van der Waals surface area contributed by atoms with Crippen molar-refractivity contribution in [1.82, 2.24) is 10.2 Å². The first-order valence-electron chi connectivity index (χ1n) is 13.9. The molecule has 37 heavy (non-hydrogen) atoms. The molecule has 3 aromatic carbocycles. The van der Waals surface area contributed by atoms with Gasteiger partial charge in [0.05, 0.1) is 0 Å². The highest BCUT2D eigenvalue weighted by molar-refractivity contribution is 5.88. The highest BCUT2D eigenvalue weighted by Gasteiger charge is 2.31. The zero-order chi connectivity index (χ0) is 25.9. The van der Waals surface area contributed by atoms with Crippen molar-refractivity contribution in [1.29, 1.82) is 0 Å². The second-order valence-electron chi connectivity index (χ2n) is 10.2. The van der Waals surface area contributed by atoms with E-state index in [0.29, 0.717) is 19.4 Å². The van der Waals surface area contributed by atoms with E-state index >= 15 is 0 Å². The molecule has 0 saturated heterocycles. The van der Waals surface area contributed by atoms with E-state index in [9.17, 15) is 9.59 Å². The maximum absolute atomic E-state index is 14.1. The van der Waals surface area contributed by atoms with Gasteiger partial charge in [0.25, 0.3) is 0 Å². The van der Waals surface area contributed by atoms with Crippen LogP contribution in [-0.4, -0.2) is 35.3 Å². The molecule has 1 aliphatic rings. The summed E-state index contributed by atoms with van der Waals surface area (Å²) in [5.74, 6) is -0.0425. The van der Waals surface area contributed by atoms with Gasteiger partial charge in [-0.1, -0.05) is 117 Å². The molecule has 1 saturated carbocycles. The third kappa shape index (κ3) is 7.55. The Kier molecular flexibility index (Phi) is 9.93. The van der Waals surface area contributed by atoms with Gasteiger partial charge in [-0.3, -0.25) is 9.59 Å². The molecule has 0 radical (unpaired) electrons. The molecule has 4 nitrogen and oxygen atoms in total. The fraction of sp³-hybridized carbons (Fsp3) is 0.394. The summed E-state index contributed by atoms with van der Waals surface area (Å²) in [6.45, 7) is 2.54. The van der Waals surface area contributed by atoms with Crippen LogP contribution in [0.15, 0.2) is 91.0 Å². The van der Waals surface area contributed by atoms with Crippen molar-refractivity contribution in [3.05, 3.63) is 108 Å². The summed E-state index contributed by atoms with van der Waals surface area (Å²) < 4.78 is 0. The summed E-state index contributed by atoms with van der Waals surface area (Å²) in [4.78, 5) is 29.4. The van der Waals surface area contributed by atoms with Crippen LogP contribution in [0.2, 0.25) is 0 Å². The fourth-order valence-electron chi connectivity index (χ4n) is 5.53. The summed E-state index contributed by atoms with van der Waals surface area (Å²) in [5, 5.41) is 3.29. The van der Waals surface area contributed by atoms with Crippen molar-refractivity contribution < 1.29 is 9.59 Å². The molecular formula is C33H40N2O2. The van der Waals surface area contributed by atoms with Crippen LogP contribution in [0.25, 0.3) is 0 Å². The van der Waals surface area contributed by atoms with Crippen LogP contribution >= 0.6 is 0 Å². The van der Waals surface area contributed by atoms with Crippen LogP contribution in [0.3, 0.4) is 0 Å². The Balaban J connectivity index is 1.57. The largest absolute Gasteiger partial charge is 0.352 e. The number of nitrogens with one attached hydrogen (secondary N) is 1. The standard InChI is InChI=1S/C33H40N2O2/c1-2-31(33(37)34-29-21-13-6-14-22-29)35(24-23-26-15-7-3-8-16-26)32(36)25-30(27-17-9-4-10-18-27)28-19-11-5-12-20-28/h3-5,7-12,15-20,29-31H,2,6,13-14,21-25H2,1H3,(H,34,37)/t31-/m0/s1. The van der Waals surface area contributed by atoms with E-state index in [1.165, 1.54) is 12.0 Å². The normalized spacial score (nSPS) is 14.8. The molecule has 194 valence electrons. The van der Waals surface area contributed by atoms with Gasteiger partial charge in [-0.05, 0) is 42.4 Å². The van der Waals surface area contributed by atoms with Gasteiger partial charge in [0, 0.05) is 24.9 Å². The van der Waals surface area contributed by atoms with Crippen LogP contribution in [-0.2, 0) is 16.0 Å². The molecular weight excluding hydrogens is 456 g/mol. The average molecular weight is 497 g/mol. The number of carbonyl (C=O) groups excluding carboxylic acids is 2. The molecule has 1 atom stereocenters. The third-order valence-corrected chi connectivity index (χ3v) is 7.60. The van der Waals surface area contributed by atoms with Crippen LogP contribution in [0.4, 0.5) is 0 Å². The molecule has 0 spiro atoms. The Labute approximate surface area is 222 Å². The third-order valence-electron chi connectivity index (χ3n) is 7.60. The first-order valence-corrected chi connectivity index (χ1v) is 13.9. The van der Waals surface area contributed by atoms with Crippen LogP contribution in [0.5, 0.6) is 0 Å². The number of amides is 2. The Morgan fingerprint density at radius 1 is 0.811 bits per heavy atom. The number of carbonyl (C=O) groups is 2. The Bertz CT molecular complexity index is 1060. The lowest BCUT2D eigenvalue weighted by Crippen LogP contribution is -2.52. The SMILES string of the molecule is CC[C@@H](C(=O)NC1CCCCC1)N(CCc1ccccc1)C(=O)CC(c1ccccc1)c1ccccc1. The maximum Gasteiger partial charge on any atom is 0.243 e. The van der Waals surface area contributed by atoms with Gasteiger partial charge in [0.15, 0.2) is 0 Å². The van der Waals surface area contributed by atoms with Crippen molar-refractivity contribution in [3.63, 3.8) is 0 Å². The highest BCUT2D eigenvalue weighted by atomic mass is 16.2. The van der Waals surface area contributed by atoms with Gasteiger partial charge in [-0.15, -0.1) is 0 Å². The van der Waals surface area contributed by atoms with Crippen LogP contribution < -0.4 is 5.32 Å². The minimum Gasteiger partial charge on any atom is -0.352 e. The summed E-state index contributed by atoms with van der Waals surface area (Å²) in [6, 6.07) is 30.4. The van der Waals surface area contributed by atoms with Crippen LogP contribution in [0.1, 0.15) is 74.5 Å². The minimum absolute atomic E-state index is 0.00761.